The van der Waals surface area contributed by atoms with Crippen LogP contribution in [-0.2, 0) is 6.42 Å². The number of H-pyrrole nitrogens is 1. The summed E-state index contributed by atoms with van der Waals surface area (Å²) in [5.41, 5.74) is 4.67. The molecular weight excluding hydrogens is 350 g/mol. The normalized spacial score (nSPS) is 11.3. The second-order valence-electron chi connectivity index (χ2n) is 6.82. The highest BCUT2D eigenvalue weighted by molar-refractivity contribution is 5.99. The van der Waals surface area contributed by atoms with Gasteiger partial charge in [0.15, 0.2) is 5.58 Å². The minimum Gasteiger partial charge on any atom is -0.508 e. The minimum absolute atomic E-state index is 0.0380. The number of nitrogens with one attached hydrogen (secondary N) is 1. The summed E-state index contributed by atoms with van der Waals surface area (Å²) in [6, 6.07) is 24.2. The number of hydrogen-bond acceptors (Lipinski definition) is 3. The Kier molecular flexibility index (Phi) is 3.76. The second-order valence-corrected chi connectivity index (χ2v) is 6.82. The van der Waals surface area contributed by atoms with E-state index in [2.05, 4.69) is 4.98 Å². The first-order chi connectivity index (χ1) is 13.7. The van der Waals surface area contributed by atoms with Gasteiger partial charge in [0.25, 0.3) is 0 Å². The number of para-hydroxylation sites is 1. The lowest BCUT2D eigenvalue weighted by Gasteiger charge is -2.02. The summed E-state index contributed by atoms with van der Waals surface area (Å²) in [6.07, 6.45) is 0.560. The van der Waals surface area contributed by atoms with Gasteiger partial charge in [-0.05, 0) is 35.4 Å². The number of fused-ring (bicyclic) bond motifs is 2. The fourth-order valence-electron chi connectivity index (χ4n) is 3.62. The van der Waals surface area contributed by atoms with Crippen molar-refractivity contribution >= 4 is 21.9 Å². The lowest BCUT2D eigenvalue weighted by Crippen LogP contribution is -2.02. The average Bonchev–Trinajstić information content (AvgIpc) is 3.09. The molecule has 0 radical (unpaired) electrons. The molecule has 3 aromatic carbocycles. The SMILES string of the molecule is O=c1c2ccccc2oc2c(Cc3ccc(O)cc3)[nH]c(-c3ccccc3)c12. The van der Waals surface area contributed by atoms with Crippen LogP contribution in [-0.4, -0.2) is 10.1 Å². The second kappa shape index (κ2) is 6.43. The van der Waals surface area contributed by atoms with Gasteiger partial charge < -0.3 is 14.5 Å². The molecule has 0 saturated heterocycles. The molecule has 2 aromatic heterocycles. The molecule has 0 spiro atoms. The van der Waals surface area contributed by atoms with Crippen molar-refractivity contribution in [1.29, 1.82) is 0 Å². The smallest absolute Gasteiger partial charge is 0.202 e. The van der Waals surface area contributed by atoms with Crippen LogP contribution < -0.4 is 5.43 Å². The largest absolute Gasteiger partial charge is 0.508 e. The number of aromatic amines is 1. The van der Waals surface area contributed by atoms with Crippen molar-refractivity contribution in [2.75, 3.05) is 0 Å². The highest BCUT2D eigenvalue weighted by Crippen LogP contribution is 2.32. The molecule has 5 rings (SSSR count). The molecule has 136 valence electrons. The van der Waals surface area contributed by atoms with E-state index < -0.39 is 0 Å². The van der Waals surface area contributed by atoms with Gasteiger partial charge in [0, 0.05) is 6.42 Å². The summed E-state index contributed by atoms with van der Waals surface area (Å²) in [6.45, 7) is 0. The van der Waals surface area contributed by atoms with Gasteiger partial charge >= 0.3 is 0 Å². The van der Waals surface area contributed by atoms with Crippen molar-refractivity contribution in [2.24, 2.45) is 0 Å². The van der Waals surface area contributed by atoms with Gasteiger partial charge in [0.2, 0.25) is 5.43 Å². The third-order valence-corrected chi connectivity index (χ3v) is 4.98. The Hall–Kier alpha value is -3.79. The van der Waals surface area contributed by atoms with E-state index in [0.29, 0.717) is 28.4 Å². The van der Waals surface area contributed by atoms with E-state index in [1.807, 2.05) is 60.7 Å². The number of hydrogen-bond donors (Lipinski definition) is 2. The molecule has 4 nitrogen and oxygen atoms in total. The van der Waals surface area contributed by atoms with E-state index in [1.165, 1.54) is 0 Å². The third-order valence-electron chi connectivity index (χ3n) is 4.98. The molecule has 28 heavy (non-hydrogen) atoms. The zero-order chi connectivity index (χ0) is 19.1. The number of aromatic hydroxyl groups is 1. The minimum atomic E-state index is -0.0380. The molecule has 0 aliphatic heterocycles. The quantitative estimate of drug-likeness (QED) is 0.458. The molecule has 0 aliphatic rings. The number of phenols is 1. The van der Waals surface area contributed by atoms with Crippen molar-refractivity contribution in [1.82, 2.24) is 4.98 Å². The van der Waals surface area contributed by atoms with Gasteiger partial charge in [0.1, 0.15) is 11.3 Å². The topological polar surface area (TPSA) is 66.2 Å². The molecule has 0 fully saturated rings. The summed E-state index contributed by atoms with van der Waals surface area (Å²) in [5, 5.41) is 10.7. The molecule has 0 amide bonds. The third kappa shape index (κ3) is 2.67. The van der Waals surface area contributed by atoms with Crippen LogP contribution in [0.3, 0.4) is 0 Å². The van der Waals surface area contributed by atoms with Crippen LogP contribution in [0.1, 0.15) is 11.3 Å². The molecule has 0 bridgehead atoms. The summed E-state index contributed by atoms with van der Waals surface area (Å²) < 4.78 is 6.18. The van der Waals surface area contributed by atoms with Crippen LogP contribution in [0.2, 0.25) is 0 Å². The van der Waals surface area contributed by atoms with Crippen molar-refractivity contribution < 1.29 is 9.52 Å². The van der Waals surface area contributed by atoms with Crippen molar-refractivity contribution in [3.8, 4) is 17.0 Å². The zero-order valence-corrected chi connectivity index (χ0v) is 15.0. The fraction of sp³-hybridized carbons (Fsp3) is 0.0417. The first kappa shape index (κ1) is 16.4. The molecule has 0 atom stereocenters. The Bertz CT molecular complexity index is 1350. The van der Waals surface area contributed by atoms with E-state index in [0.717, 1.165) is 22.5 Å². The highest BCUT2D eigenvalue weighted by Gasteiger charge is 2.19. The zero-order valence-electron chi connectivity index (χ0n) is 15.0. The van der Waals surface area contributed by atoms with E-state index >= 15 is 0 Å². The van der Waals surface area contributed by atoms with Crippen LogP contribution in [0.25, 0.3) is 33.2 Å². The number of benzene rings is 3. The summed E-state index contributed by atoms with van der Waals surface area (Å²) in [7, 11) is 0. The number of rotatable bonds is 3. The van der Waals surface area contributed by atoms with Crippen LogP contribution in [0, 0.1) is 0 Å². The first-order valence-corrected chi connectivity index (χ1v) is 9.10. The van der Waals surface area contributed by atoms with Crippen LogP contribution in [0.5, 0.6) is 5.75 Å². The first-order valence-electron chi connectivity index (χ1n) is 9.10. The molecule has 0 saturated carbocycles. The van der Waals surface area contributed by atoms with Crippen molar-refractivity contribution in [3.63, 3.8) is 0 Å². The molecule has 2 heterocycles. The summed E-state index contributed by atoms with van der Waals surface area (Å²) >= 11 is 0. The fourth-order valence-corrected chi connectivity index (χ4v) is 3.62. The molecule has 5 aromatic rings. The van der Waals surface area contributed by atoms with Gasteiger partial charge in [-0.3, -0.25) is 4.79 Å². The predicted molar refractivity (Wildman–Crippen MR) is 111 cm³/mol. The summed E-state index contributed by atoms with van der Waals surface area (Å²) in [4.78, 5) is 16.7. The molecule has 0 aliphatic carbocycles. The Morgan fingerprint density at radius 2 is 1.57 bits per heavy atom. The van der Waals surface area contributed by atoms with Crippen molar-refractivity contribution in [3.05, 3.63) is 100 Å². The number of phenolic OH excluding ortho intramolecular Hbond substituents is 1. The average molecular weight is 367 g/mol. The van der Waals surface area contributed by atoms with Crippen LogP contribution >= 0.6 is 0 Å². The van der Waals surface area contributed by atoms with Gasteiger partial charge in [-0.15, -0.1) is 0 Å². The highest BCUT2D eigenvalue weighted by atomic mass is 16.3. The van der Waals surface area contributed by atoms with E-state index in [9.17, 15) is 9.90 Å². The van der Waals surface area contributed by atoms with Gasteiger partial charge in [-0.2, -0.15) is 0 Å². The van der Waals surface area contributed by atoms with Crippen LogP contribution in [0.4, 0.5) is 0 Å². The Balaban J connectivity index is 1.80. The van der Waals surface area contributed by atoms with E-state index in [4.69, 9.17) is 4.42 Å². The Morgan fingerprint density at radius 3 is 2.36 bits per heavy atom. The van der Waals surface area contributed by atoms with E-state index in [-0.39, 0.29) is 11.2 Å². The summed E-state index contributed by atoms with van der Waals surface area (Å²) in [5.74, 6) is 0.225. The van der Waals surface area contributed by atoms with Gasteiger partial charge in [-0.25, -0.2) is 0 Å². The van der Waals surface area contributed by atoms with Gasteiger partial charge in [-0.1, -0.05) is 54.6 Å². The van der Waals surface area contributed by atoms with E-state index in [1.54, 1.807) is 18.2 Å². The monoisotopic (exact) mass is 367 g/mol. The maximum Gasteiger partial charge on any atom is 0.202 e. The Morgan fingerprint density at radius 1 is 0.857 bits per heavy atom. The number of aromatic nitrogens is 1. The molecule has 4 heteroatoms. The Labute approximate surface area is 160 Å². The van der Waals surface area contributed by atoms with Crippen LogP contribution in [0.15, 0.2) is 88.1 Å². The maximum atomic E-state index is 13.3. The standard InChI is InChI=1S/C24H17NO3/c26-17-12-10-15(11-13-17)14-19-24-21(22(25-19)16-6-2-1-3-7-16)23(27)18-8-4-5-9-20(18)28-24/h1-13,25-26H,14H2. The maximum absolute atomic E-state index is 13.3. The molecular formula is C24H17NO3. The molecule has 0 unspecified atom stereocenters. The van der Waals surface area contributed by atoms with Gasteiger partial charge in [0.05, 0.1) is 22.2 Å². The van der Waals surface area contributed by atoms with Crippen molar-refractivity contribution in [2.45, 2.75) is 6.42 Å². The lowest BCUT2D eigenvalue weighted by atomic mass is 10.1. The lowest BCUT2D eigenvalue weighted by molar-refractivity contribution is 0.475. The molecule has 2 N–H and O–H groups in total. The predicted octanol–water partition coefficient (Wildman–Crippen LogP) is 5.24.